The van der Waals surface area contributed by atoms with Crippen LogP contribution >= 0.6 is 11.6 Å². The van der Waals surface area contributed by atoms with Gasteiger partial charge in [0.2, 0.25) is 0 Å². The molecule has 0 fully saturated rings. The highest BCUT2D eigenvalue weighted by Gasteiger charge is 2.14. The van der Waals surface area contributed by atoms with Crippen molar-refractivity contribution in [2.75, 3.05) is 7.11 Å². The average Bonchev–Trinajstić information content (AvgIpc) is 2.64. The first-order valence-electron chi connectivity index (χ1n) is 7.79. The molecule has 0 saturated heterocycles. The first kappa shape index (κ1) is 17.3. The molecule has 25 heavy (non-hydrogen) atoms. The summed E-state index contributed by atoms with van der Waals surface area (Å²) in [4.78, 5) is 13.2. The van der Waals surface area contributed by atoms with Crippen molar-refractivity contribution in [1.29, 1.82) is 0 Å². The van der Waals surface area contributed by atoms with Crippen molar-refractivity contribution in [1.82, 2.24) is 15.0 Å². The molecule has 1 N–H and O–H groups in total. The Kier molecular flexibility index (Phi) is 4.97. The van der Waals surface area contributed by atoms with Crippen molar-refractivity contribution in [3.05, 3.63) is 58.1 Å². The van der Waals surface area contributed by atoms with E-state index in [4.69, 9.17) is 16.3 Å². The Bertz CT molecular complexity index is 929. The van der Waals surface area contributed by atoms with E-state index in [1.807, 2.05) is 25.1 Å². The number of ether oxygens (including phenoxy) is 1. The molecule has 0 atom stereocenters. The third-order valence-corrected chi connectivity index (χ3v) is 4.35. The number of aliphatic hydroxyl groups excluding tert-OH is 1. The fraction of sp³-hybridized carbons (Fsp3) is 0.211. The van der Waals surface area contributed by atoms with E-state index in [0.29, 0.717) is 22.2 Å². The highest BCUT2D eigenvalue weighted by Crippen LogP contribution is 2.29. The van der Waals surface area contributed by atoms with Crippen LogP contribution in [0.2, 0.25) is 5.02 Å². The molecule has 3 rings (SSSR count). The van der Waals surface area contributed by atoms with Crippen LogP contribution in [-0.4, -0.2) is 27.2 Å². The molecular formula is C19H18ClN3O2. The minimum Gasteiger partial charge on any atom is -0.467 e. The standard InChI is InChI=1S/C19H18ClN3O2/c1-11-4-6-14(8-12(11)2)17-21-18(23-19(22-17)25-3)15-9-13(10-24)5-7-16(15)20/h4-9,24H,10H2,1-3H3. The van der Waals surface area contributed by atoms with Gasteiger partial charge >= 0.3 is 6.01 Å². The second-order valence-electron chi connectivity index (χ2n) is 5.74. The zero-order chi connectivity index (χ0) is 18.0. The molecule has 1 heterocycles. The van der Waals surface area contributed by atoms with Gasteiger partial charge in [0, 0.05) is 11.1 Å². The van der Waals surface area contributed by atoms with Crippen molar-refractivity contribution >= 4 is 11.6 Å². The Balaban J connectivity index is 2.17. The smallest absolute Gasteiger partial charge is 0.320 e. The van der Waals surface area contributed by atoms with Gasteiger partial charge in [-0.3, -0.25) is 0 Å². The van der Waals surface area contributed by atoms with E-state index in [1.54, 1.807) is 18.2 Å². The largest absolute Gasteiger partial charge is 0.467 e. The molecule has 0 saturated carbocycles. The van der Waals surface area contributed by atoms with E-state index in [2.05, 4.69) is 21.9 Å². The topological polar surface area (TPSA) is 68.1 Å². The Labute approximate surface area is 151 Å². The SMILES string of the molecule is COc1nc(-c2ccc(C)c(C)c2)nc(-c2cc(CO)ccc2Cl)n1. The summed E-state index contributed by atoms with van der Waals surface area (Å²) in [7, 11) is 1.51. The number of nitrogens with zero attached hydrogens (tertiary/aromatic N) is 3. The molecule has 0 aliphatic carbocycles. The molecule has 5 nitrogen and oxygen atoms in total. The lowest BCUT2D eigenvalue weighted by molar-refractivity contribution is 0.282. The highest BCUT2D eigenvalue weighted by molar-refractivity contribution is 6.33. The lowest BCUT2D eigenvalue weighted by Crippen LogP contribution is -2.01. The van der Waals surface area contributed by atoms with E-state index in [-0.39, 0.29) is 12.6 Å². The number of hydrogen-bond donors (Lipinski definition) is 1. The lowest BCUT2D eigenvalue weighted by atomic mass is 10.1. The number of methoxy groups -OCH3 is 1. The van der Waals surface area contributed by atoms with Gasteiger partial charge in [-0.1, -0.05) is 29.8 Å². The third-order valence-electron chi connectivity index (χ3n) is 4.02. The third kappa shape index (κ3) is 3.62. The summed E-state index contributed by atoms with van der Waals surface area (Å²) >= 11 is 6.30. The van der Waals surface area contributed by atoms with E-state index in [0.717, 1.165) is 16.7 Å². The van der Waals surface area contributed by atoms with Crippen LogP contribution in [0.15, 0.2) is 36.4 Å². The molecule has 0 amide bonds. The van der Waals surface area contributed by atoms with Crippen molar-refractivity contribution in [2.24, 2.45) is 0 Å². The average molecular weight is 356 g/mol. The zero-order valence-electron chi connectivity index (χ0n) is 14.2. The number of aryl methyl sites for hydroxylation is 2. The van der Waals surface area contributed by atoms with Crippen LogP contribution in [0.25, 0.3) is 22.8 Å². The van der Waals surface area contributed by atoms with Crippen LogP contribution in [0.1, 0.15) is 16.7 Å². The number of halogens is 1. The first-order valence-corrected chi connectivity index (χ1v) is 8.17. The minimum absolute atomic E-state index is 0.0869. The monoisotopic (exact) mass is 355 g/mol. The van der Waals surface area contributed by atoms with Gasteiger partial charge in [-0.25, -0.2) is 4.98 Å². The van der Waals surface area contributed by atoms with Crippen LogP contribution < -0.4 is 4.74 Å². The summed E-state index contributed by atoms with van der Waals surface area (Å²) in [6, 6.07) is 11.5. The predicted octanol–water partition coefficient (Wildman–Crippen LogP) is 3.98. The molecule has 6 heteroatoms. The zero-order valence-corrected chi connectivity index (χ0v) is 15.0. The van der Waals surface area contributed by atoms with Gasteiger partial charge in [0.1, 0.15) is 0 Å². The number of hydrogen-bond acceptors (Lipinski definition) is 5. The van der Waals surface area contributed by atoms with Crippen LogP contribution in [0.4, 0.5) is 0 Å². The van der Waals surface area contributed by atoms with E-state index in [9.17, 15) is 5.11 Å². The van der Waals surface area contributed by atoms with Crippen LogP contribution in [0.3, 0.4) is 0 Å². The van der Waals surface area contributed by atoms with Gasteiger partial charge in [0.25, 0.3) is 0 Å². The maximum atomic E-state index is 9.37. The summed E-state index contributed by atoms with van der Waals surface area (Å²) < 4.78 is 5.23. The van der Waals surface area contributed by atoms with Gasteiger partial charge in [0.15, 0.2) is 11.6 Å². The molecule has 0 bridgehead atoms. The van der Waals surface area contributed by atoms with Gasteiger partial charge in [-0.05, 0) is 48.7 Å². The van der Waals surface area contributed by atoms with Crippen LogP contribution in [0, 0.1) is 13.8 Å². The predicted molar refractivity (Wildman–Crippen MR) is 97.7 cm³/mol. The quantitative estimate of drug-likeness (QED) is 0.766. The van der Waals surface area contributed by atoms with E-state index in [1.165, 1.54) is 12.7 Å². The maximum Gasteiger partial charge on any atom is 0.320 e. The summed E-state index contributed by atoms with van der Waals surface area (Å²) in [6.07, 6.45) is 0. The number of aliphatic hydroxyl groups is 1. The molecule has 1 aromatic heterocycles. The Morgan fingerprint density at radius 1 is 0.960 bits per heavy atom. The second kappa shape index (κ2) is 7.17. The Morgan fingerprint density at radius 2 is 1.72 bits per heavy atom. The van der Waals surface area contributed by atoms with Gasteiger partial charge in [-0.2, -0.15) is 9.97 Å². The normalized spacial score (nSPS) is 10.8. The number of aromatic nitrogens is 3. The fourth-order valence-corrected chi connectivity index (χ4v) is 2.62. The Hall–Kier alpha value is -2.50. The molecule has 0 unspecified atom stereocenters. The second-order valence-corrected chi connectivity index (χ2v) is 6.15. The van der Waals surface area contributed by atoms with Crippen molar-refractivity contribution < 1.29 is 9.84 Å². The van der Waals surface area contributed by atoms with Gasteiger partial charge in [0.05, 0.1) is 18.7 Å². The maximum absolute atomic E-state index is 9.37. The molecule has 3 aromatic rings. The molecule has 0 aliphatic rings. The van der Waals surface area contributed by atoms with E-state index < -0.39 is 0 Å². The first-order chi connectivity index (χ1) is 12.0. The summed E-state index contributed by atoms with van der Waals surface area (Å²) in [5.74, 6) is 0.913. The molecule has 2 aromatic carbocycles. The molecule has 0 radical (unpaired) electrons. The fourth-order valence-electron chi connectivity index (χ4n) is 2.42. The molecule has 0 aliphatic heterocycles. The highest BCUT2D eigenvalue weighted by atomic mass is 35.5. The molecule has 128 valence electrons. The Morgan fingerprint density at radius 3 is 2.40 bits per heavy atom. The van der Waals surface area contributed by atoms with Crippen molar-refractivity contribution in [2.45, 2.75) is 20.5 Å². The van der Waals surface area contributed by atoms with E-state index >= 15 is 0 Å². The van der Waals surface area contributed by atoms with Crippen LogP contribution in [0.5, 0.6) is 6.01 Å². The van der Waals surface area contributed by atoms with Gasteiger partial charge < -0.3 is 9.84 Å². The summed E-state index contributed by atoms with van der Waals surface area (Å²) in [6.45, 7) is 4.01. The number of rotatable bonds is 4. The summed E-state index contributed by atoms with van der Waals surface area (Å²) in [5.41, 5.74) is 4.58. The van der Waals surface area contributed by atoms with Crippen LogP contribution in [-0.2, 0) is 6.61 Å². The van der Waals surface area contributed by atoms with Crippen molar-refractivity contribution in [3.8, 4) is 28.8 Å². The summed E-state index contributed by atoms with van der Waals surface area (Å²) in [5, 5.41) is 9.87. The lowest BCUT2D eigenvalue weighted by Gasteiger charge is -2.10. The molecule has 0 spiro atoms. The van der Waals surface area contributed by atoms with Gasteiger partial charge in [-0.15, -0.1) is 0 Å². The van der Waals surface area contributed by atoms with Crippen molar-refractivity contribution in [3.63, 3.8) is 0 Å². The minimum atomic E-state index is -0.0869. The molecular weight excluding hydrogens is 338 g/mol. The number of benzene rings is 2.